The number of hydrogen-bond acceptors (Lipinski definition) is 3. The zero-order valence-corrected chi connectivity index (χ0v) is 13.5. The molecule has 0 heterocycles. The summed E-state index contributed by atoms with van der Waals surface area (Å²) in [5, 5.41) is 12.6. The second-order valence-corrected chi connectivity index (χ2v) is 5.43. The Morgan fingerprint density at radius 3 is 2.22 bits per heavy atom. The number of phenolic OH excluding ortho intramolecular Hbond substituents is 1. The van der Waals surface area contributed by atoms with Gasteiger partial charge in [-0.25, -0.2) is 0 Å². The quantitative estimate of drug-likeness (QED) is 0.663. The molecule has 0 aromatic heterocycles. The van der Waals surface area contributed by atoms with Crippen LogP contribution in [-0.2, 0) is 9.59 Å². The lowest BCUT2D eigenvalue weighted by atomic mass is 10.1. The summed E-state index contributed by atoms with van der Waals surface area (Å²) < 4.78 is 0. The van der Waals surface area contributed by atoms with Crippen LogP contribution in [0.1, 0.15) is 24.9 Å². The highest BCUT2D eigenvalue weighted by Gasteiger charge is 2.24. The predicted octanol–water partition coefficient (Wildman–Crippen LogP) is 3.64. The first-order valence-corrected chi connectivity index (χ1v) is 7.43. The summed E-state index contributed by atoms with van der Waals surface area (Å²) in [4.78, 5) is 24.4. The molecule has 2 aromatic rings. The maximum absolute atomic E-state index is 12.0. The normalized spacial score (nSPS) is 11.6. The van der Waals surface area contributed by atoms with Crippen LogP contribution in [0.5, 0.6) is 5.75 Å². The van der Waals surface area contributed by atoms with E-state index in [0.717, 1.165) is 0 Å². The van der Waals surface area contributed by atoms with Crippen molar-refractivity contribution in [3.63, 3.8) is 0 Å². The maximum atomic E-state index is 12.0. The number of benzene rings is 2. The number of nitrogens with one attached hydrogen (secondary N) is 1. The molecule has 0 fully saturated rings. The standard InChI is InChI=1S/C17H17ClN2O3/c1-11(21)19-13-7-9-14(10-8-13)20(12(2)22)17(18)15-5-3-4-6-16(15)23/h3-10,17,23H,1-2H3,(H,19,21). The minimum atomic E-state index is -0.847. The van der Waals surface area contributed by atoms with Crippen molar-refractivity contribution in [3.8, 4) is 5.75 Å². The lowest BCUT2D eigenvalue weighted by Crippen LogP contribution is -2.30. The van der Waals surface area contributed by atoms with E-state index in [1.807, 2.05) is 0 Å². The lowest BCUT2D eigenvalue weighted by molar-refractivity contribution is -0.117. The molecule has 1 atom stereocenters. The van der Waals surface area contributed by atoms with Gasteiger partial charge in [0.15, 0.2) is 0 Å². The number of nitrogens with zero attached hydrogens (tertiary/aromatic N) is 1. The fourth-order valence-electron chi connectivity index (χ4n) is 2.21. The number of phenols is 1. The van der Waals surface area contributed by atoms with E-state index in [1.165, 1.54) is 24.8 Å². The molecule has 5 nitrogen and oxygen atoms in total. The molecular weight excluding hydrogens is 316 g/mol. The van der Waals surface area contributed by atoms with Crippen LogP contribution in [0, 0.1) is 0 Å². The molecule has 6 heteroatoms. The van der Waals surface area contributed by atoms with Crippen LogP contribution >= 0.6 is 11.6 Å². The molecule has 0 radical (unpaired) electrons. The van der Waals surface area contributed by atoms with Gasteiger partial charge in [0.2, 0.25) is 11.8 Å². The second-order valence-electron chi connectivity index (χ2n) is 5.01. The van der Waals surface area contributed by atoms with E-state index in [2.05, 4.69) is 5.32 Å². The molecule has 0 aliphatic rings. The second kappa shape index (κ2) is 7.15. The van der Waals surface area contributed by atoms with Crippen molar-refractivity contribution in [2.75, 3.05) is 10.2 Å². The van der Waals surface area contributed by atoms with Crippen LogP contribution < -0.4 is 10.2 Å². The molecule has 2 amide bonds. The first-order chi connectivity index (χ1) is 10.9. The molecule has 0 spiro atoms. The lowest BCUT2D eigenvalue weighted by Gasteiger charge is -2.27. The van der Waals surface area contributed by atoms with Crippen molar-refractivity contribution in [2.24, 2.45) is 0 Å². The van der Waals surface area contributed by atoms with Gasteiger partial charge < -0.3 is 10.4 Å². The molecular formula is C17H17ClN2O3. The van der Waals surface area contributed by atoms with E-state index in [9.17, 15) is 14.7 Å². The Hall–Kier alpha value is -2.53. The molecule has 0 saturated carbocycles. The Kier molecular flexibility index (Phi) is 5.24. The van der Waals surface area contributed by atoms with Crippen molar-refractivity contribution in [1.82, 2.24) is 0 Å². The number of alkyl halides is 1. The van der Waals surface area contributed by atoms with Crippen LogP contribution in [0.4, 0.5) is 11.4 Å². The Bertz CT molecular complexity index is 716. The van der Waals surface area contributed by atoms with E-state index in [0.29, 0.717) is 16.9 Å². The number of carbonyl (C=O) groups is 2. The Morgan fingerprint density at radius 2 is 1.70 bits per heavy atom. The number of para-hydroxylation sites is 1. The first kappa shape index (κ1) is 16.8. The number of hydrogen-bond donors (Lipinski definition) is 2. The Morgan fingerprint density at radius 1 is 1.09 bits per heavy atom. The summed E-state index contributed by atoms with van der Waals surface area (Å²) in [7, 11) is 0. The average Bonchev–Trinajstić information content (AvgIpc) is 2.48. The summed E-state index contributed by atoms with van der Waals surface area (Å²) in [6.45, 7) is 2.82. The molecule has 0 aliphatic carbocycles. The van der Waals surface area contributed by atoms with Crippen LogP contribution in [0.2, 0.25) is 0 Å². The summed E-state index contributed by atoms with van der Waals surface area (Å²) in [5.74, 6) is -0.417. The van der Waals surface area contributed by atoms with Gasteiger partial charge in [0.25, 0.3) is 0 Å². The zero-order chi connectivity index (χ0) is 17.0. The van der Waals surface area contributed by atoms with Crippen LogP contribution in [0.25, 0.3) is 0 Å². The highest BCUT2D eigenvalue weighted by Crippen LogP contribution is 2.35. The Balaban J connectivity index is 2.33. The van der Waals surface area contributed by atoms with E-state index in [4.69, 9.17) is 11.6 Å². The SMILES string of the molecule is CC(=O)Nc1ccc(N(C(C)=O)C(Cl)c2ccccc2O)cc1. The molecule has 2 rings (SSSR count). The molecule has 2 aromatic carbocycles. The third-order valence-electron chi connectivity index (χ3n) is 3.23. The van der Waals surface area contributed by atoms with Crippen LogP contribution in [-0.4, -0.2) is 16.9 Å². The van der Waals surface area contributed by atoms with Crippen LogP contribution in [0.15, 0.2) is 48.5 Å². The fourth-order valence-corrected chi connectivity index (χ4v) is 2.64. The predicted molar refractivity (Wildman–Crippen MR) is 90.6 cm³/mol. The van der Waals surface area contributed by atoms with Crippen molar-refractivity contribution >= 4 is 34.8 Å². The number of carbonyl (C=O) groups excluding carboxylic acids is 2. The highest BCUT2D eigenvalue weighted by atomic mass is 35.5. The van der Waals surface area contributed by atoms with Crippen molar-refractivity contribution in [1.29, 1.82) is 0 Å². The molecule has 23 heavy (non-hydrogen) atoms. The smallest absolute Gasteiger partial charge is 0.225 e. The fraction of sp³-hybridized carbons (Fsp3) is 0.176. The van der Waals surface area contributed by atoms with Gasteiger partial charge in [-0.05, 0) is 30.3 Å². The molecule has 2 N–H and O–H groups in total. The van der Waals surface area contributed by atoms with Crippen molar-refractivity contribution < 1.29 is 14.7 Å². The molecule has 120 valence electrons. The summed E-state index contributed by atoms with van der Waals surface area (Å²) in [6, 6.07) is 13.3. The van der Waals surface area contributed by atoms with Crippen molar-refractivity contribution in [2.45, 2.75) is 19.3 Å². The van der Waals surface area contributed by atoms with Crippen LogP contribution in [0.3, 0.4) is 0 Å². The molecule has 0 saturated heterocycles. The van der Waals surface area contributed by atoms with E-state index in [1.54, 1.807) is 42.5 Å². The number of rotatable bonds is 4. The van der Waals surface area contributed by atoms with Gasteiger partial charge in [0, 0.05) is 30.8 Å². The summed E-state index contributed by atoms with van der Waals surface area (Å²) >= 11 is 6.41. The molecule has 0 bridgehead atoms. The third kappa shape index (κ3) is 4.02. The van der Waals surface area contributed by atoms with E-state index in [-0.39, 0.29) is 17.6 Å². The third-order valence-corrected chi connectivity index (χ3v) is 3.66. The largest absolute Gasteiger partial charge is 0.508 e. The number of anilines is 2. The van der Waals surface area contributed by atoms with Crippen molar-refractivity contribution in [3.05, 3.63) is 54.1 Å². The van der Waals surface area contributed by atoms with Gasteiger partial charge in [-0.2, -0.15) is 0 Å². The Labute approximate surface area is 139 Å². The first-order valence-electron chi connectivity index (χ1n) is 6.99. The topological polar surface area (TPSA) is 69.6 Å². The molecule has 0 aliphatic heterocycles. The van der Waals surface area contributed by atoms with Gasteiger partial charge in [-0.15, -0.1) is 0 Å². The average molecular weight is 333 g/mol. The summed E-state index contributed by atoms with van der Waals surface area (Å²) in [6.07, 6.45) is 0. The van der Waals surface area contributed by atoms with Gasteiger partial charge in [-0.1, -0.05) is 29.8 Å². The molecule has 1 unspecified atom stereocenters. The van der Waals surface area contributed by atoms with Gasteiger partial charge in [0.1, 0.15) is 11.3 Å². The number of aromatic hydroxyl groups is 1. The highest BCUT2D eigenvalue weighted by molar-refractivity contribution is 6.24. The van der Waals surface area contributed by atoms with Gasteiger partial charge >= 0.3 is 0 Å². The number of halogens is 1. The maximum Gasteiger partial charge on any atom is 0.225 e. The van der Waals surface area contributed by atoms with Gasteiger partial charge in [0.05, 0.1) is 0 Å². The minimum absolute atomic E-state index is 0.0219. The monoisotopic (exact) mass is 332 g/mol. The van der Waals surface area contributed by atoms with E-state index < -0.39 is 5.50 Å². The zero-order valence-electron chi connectivity index (χ0n) is 12.8. The number of amides is 2. The minimum Gasteiger partial charge on any atom is -0.508 e. The summed E-state index contributed by atoms with van der Waals surface area (Å²) in [5.41, 5.74) is 0.781. The van der Waals surface area contributed by atoms with E-state index >= 15 is 0 Å². The van der Waals surface area contributed by atoms with Gasteiger partial charge in [-0.3, -0.25) is 14.5 Å².